The monoisotopic (exact) mass is 268 g/mol. The van der Waals surface area contributed by atoms with E-state index >= 15 is 0 Å². The fourth-order valence-corrected chi connectivity index (χ4v) is 2.89. The van der Waals surface area contributed by atoms with Gasteiger partial charge in [0.15, 0.2) is 0 Å². The SMILES string of the molecule is CCCCCCCCCCCC(C)(C)CCCCC. The molecule has 0 atom stereocenters. The van der Waals surface area contributed by atoms with Crippen molar-refractivity contribution in [2.24, 2.45) is 5.41 Å². The molecule has 0 saturated carbocycles. The average molecular weight is 269 g/mol. The fourth-order valence-electron chi connectivity index (χ4n) is 2.89. The minimum atomic E-state index is 0.594. The maximum atomic E-state index is 2.47. The van der Waals surface area contributed by atoms with Crippen LogP contribution in [0.25, 0.3) is 0 Å². The standard InChI is InChI=1S/C19H40/c1-5-7-9-10-11-12-13-14-16-18-19(3,4)17-15-8-6-2/h5-18H2,1-4H3. The van der Waals surface area contributed by atoms with Gasteiger partial charge in [0.2, 0.25) is 0 Å². The van der Waals surface area contributed by atoms with Gasteiger partial charge in [-0.3, -0.25) is 0 Å². The zero-order chi connectivity index (χ0) is 14.4. The minimum absolute atomic E-state index is 0.594. The smallest absolute Gasteiger partial charge is 0.0354 e. The summed E-state index contributed by atoms with van der Waals surface area (Å²) in [6, 6.07) is 0. The van der Waals surface area contributed by atoms with Crippen molar-refractivity contribution < 1.29 is 0 Å². The Balaban J connectivity index is 3.27. The van der Waals surface area contributed by atoms with Gasteiger partial charge < -0.3 is 0 Å². The highest BCUT2D eigenvalue weighted by Gasteiger charge is 2.16. The van der Waals surface area contributed by atoms with Crippen LogP contribution in [0.4, 0.5) is 0 Å². The Kier molecular flexibility index (Phi) is 13.0. The molecule has 0 bridgehead atoms. The van der Waals surface area contributed by atoms with Crippen molar-refractivity contribution in [1.82, 2.24) is 0 Å². The van der Waals surface area contributed by atoms with Crippen molar-refractivity contribution in [1.29, 1.82) is 0 Å². The van der Waals surface area contributed by atoms with Crippen LogP contribution < -0.4 is 0 Å². The maximum absolute atomic E-state index is 2.47. The highest BCUT2D eigenvalue weighted by atomic mass is 14.2. The molecule has 0 heteroatoms. The van der Waals surface area contributed by atoms with Gasteiger partial charge in [-0.25, -0.2) is 0 Å². The lowest BCUT2D eigenvalue weighted by Gasteiger charge is -2.24. The van der Waals surface area contributed by atoms with Crippen LogP contribution in [-0.4, -0.2) is 0 Å². The van der Waals surface area contributed by atoms with Crippen LogP contribution in [0.2, 0.25) is 0 Å². The van der Waals surface area contributed by atoms with Crippen LogP contribution in [-0.2, 0) is 0 Å². The second kappa shape index (κ2) is 13.0. The van der Waals surface area contributed by atoms with Crippen LogP contribution in [0.15, 0.2) is 0 Å². The number of hydrogen-bond acceptors (Lipinski definition) is 0. The van der Waals surface area contributed by atoms with E-state index < -0.39 is 0 Å². The first-order chi connectivity index (χ1) is 9.12. The largest absolute Gasteiger partial charge is 0.0654 e. The zero-order valence-electron chi connectivity index (χ0n) is 14.4. The maximum Gasteiger partial charge on any atom is -0.0354 e. The van der Waals surface area contributed by atoms with Crippen molar-refractivity contribution in [2.75, 3.05) is 0 Å². The molecule has 116 valence electrons. The molecule has 0 aliphatic heterocycles. The molecule has 0 aliphatic carbocycles. The van der Waals surface area contributed by atoms with E-state index in [0.717, 1.165) is 0 Å². The van der Waals surface area contributed by atoms with E-state index in [9.17, 15) is 0 Å². The lowest BCUT2D eigenvalue weighted by Crippen LogP contribution is -2.10. The first kappa shape index (κ1) is 19.0. The van der Waals surface area contributed by atoms with E-state index in [1.54, 1.807) is 0 Å². The molecule has 0 spiro atoms. The first-order valence-electron chi connectivity index (χ1n) is 9.12. The summed E-state index contributed by atoms with van der Waals surface area (Å²) in [5.41, 5.74) is 0.594. The predicted molar refractivity (Wildman–Crippen MR) is 89.8 cm³/mol. The Morgan fingerprint density at radius 1 is 0.474 bits per heavy atom. The molecule has 0 amide bonds. The van der Waals surface area contributed by atoms with Crippen molar-refractivity contribution >= 4 is 0 Å². The molecule has 0 fully saturated rings. The van der Waals surface area contributed by atoms with Crippen molar-refractivity contribution in [3.63, 3.8) is 0 Å². The summed E-state index contributed by atoms with van der Waals surface area (Å²) in [6.07, 6.45) is 20.1. The normalized spacial score (nSPS) is 12.0. The molecule has 19 heavy (non-hydrogen) atoms. The second-order valence-corrected chi connectivity index (χ2v) is 7.20. The van der Waals surface area contributed by atoms with E-state index in [2.05, 4.69) is 27.7 Å². The minimum Gasteiger partial charge on any atom is -0.0654 e. The number of unbranched alkanes of at least 4 members (excludes halogenated alkanes) is 10. The van der Waals surface area contributed by atoms with Crippen molar-refractivity contribution in [3.05, 3.63) is 0 Å². The van der Waals surface area contributed by atoms with E-state index in [1.165, 1.54) is 89.9 Å². The van der Waals surface area contributed by atoms with Gasteiger partial charge in [0.05, 0.1) is 0 Å². The lowest BCUT2D eigenvalue weighted by molar-refractivity contribution is 0.283. The zero-order valence-corrected chi connectivity index (χ0v) is 14.4. The highest BCUT2D eigenvalue weighted by molar-refractivity contribution is 4.68. The Labute approximate surface area is 123 Å². The van der Waals surface area contributed by atoms with Crippen LogP contribution in [0.3, 0.4) is 0 Å². The van der Waals surface area contributed by atoms with Crippen molar-refractivity contribution in [3.8, 4) is 0 Å². The Morgan fingerprint density at radius 2 is 0.789 bits per heavy atom. The summed E-state index contributed by atoms with van der Waals surface area (Å²) in [5, 5.41) is 0. The van der Waals surface area contributed by atoms with Gasteiger partial charge in [-0.1, -0.05) is 105 Å². The topological polar surface area (TPSA) is 0 Å². The lowest BCUT2D eigenvalue weighted by atomic mass is 9.82. The molecule has 0 aromatic rings. The summed E-state index contributed by atoms with van der Waals surface area (Å²) in [6.45, 7) is 9.52. The molecule has 0 N–H and O–H groups in total. The quantitative estimate of drug-likeness (QED) is 0.286. The van der Waals surface area contributed by atoms with Gasteiger partial charge in [0.1, 0.15) is 0 Å². The van der Waals surface area contributed by atoms with Crippen LogP contribution in [0, 0.1) is 5.41 Å². The summed E-state index contributed by atoms with van der Waals surface area (Å²) >= 11 is 0. The third-order valence-corrected chi connectivity index (χ3v) is 4.41. The third-order valence-electron chi connectivity index (χ3n) is 4.41. The molecule has 0 aliphatic rings. The van der Waals surface area contributed by atoms with Crippen molar-refractivity contribution in [2.45, 2.75) is 118 Å². The van der Waals surface area contributed by atoms with Crippen LogP contribution >= 0.6 is 0 Å². The molecule has 0 aromatic carbocycles. The number of hydrogen-bond donors (Lipinski definition) is 0. The first-order valence-corrected chi connectivity index (χ1v) is 9.12. The van der Waals surface area contributed by atoms with Crippen LogP contribution in [0.5, 0.6) is 0 Å². The molecule has 0 unspecified atom stereocenters. The molecule has 0 saturated heterocycles. The molecule has 0 radical (unpaired) electrons. The molecule has 0 heterocycles. The van der Waals surface area contributed by atoms with E-state index in [4.69, 9.17) is 0 Å². The Hall–Kier alpha value is 0. The third kappa shape index (κ3) is 14.2. The Morgan fingerprint density at radius 3 is 1.26 bits per heavy atom. The molecule has 0 rings (SSSR count). The second-order valence-electron chi connectivity index (χ2n) is 7.20. The van der Waals surface area contributed by atoms with Crippen LogP contribution in [0.1, 0.15) is 118 Å². The van der Waals surface area contributed by atoms with Gasteiger partial charge in [-0.2, -0.15) is 0 Å². The highest BCUT2D eigenvalue weighted by Crippen LogP contribution is 2.30. The summed E-state index contributed by atoms with van der Waals surface area (Å²) in [5.74, 6) is 0. The van der Waals surface area contributed by atoms with Gasteiger partial charge in [-0.15, -0.1) is 0 Å². The molecule has 0 aromatic heterocycles. The predicted octanol–water partition coefficient (Wildman–Crippen LogP) is 7.51. The van der Waals surface area contributed by atoms with Gasteiger partial charge in [0, 0.05) is 0 Å². The molecular formula is C19H40. The van der Waals surface area contributed by atoms with Gasteiger partial charge in [-0.05, 0) is 18.3 Å². The Bertz CT molecular complexity index is 169. The molecule has 0 nitrogen and oxygen atoms in total. The average Bonchev–Trinajstić information content (AvgIpc) is 2.37. The summed E-state index contributed by atoms with van der Waals surface area (Å²) in [4.78, 5) is 0. The van der Waals surface area contributed by atoms with E-state index in [0.29, 0.717) is 5.41 Å². The van der Waals surface area contributed by atoms with Gasteiger partial charge in [0.25, 0.3) is 0 Å². The summed E-state index contributed by atoms with van der Waals surface area (Å²) in [7, 11) is 0. The molecular weight excluding hydrogens is 228 g/mol. The summed E-state index contributed by atoms with van der Waals surface area (Å²) < 4.78 is 0. The fraction of sp³-hybridized carbons (Fsp3) is 1.00. The number of rotatable bonds is 14. The van der Waals surface area contributed by atoms with Gasteiger partial charge >= 0.3 is 0 Å². The van der Waals surface area contributed by atoms with E-state index in [-0.39, 0.29) is 0 Å². The van der Waals surface area contributed by atoms with E-state index in [1.807, 2.05) is 0 Å².